The molecule has 0 radical (unpaired) electrons. The van der Waals surface area contributed by atoms with Crippen LogP contribution >= 0.6 is 41.9 Å². The minimum absolute atomic E-state index is 0.479. The molecule has 0 aromatic heterocycles. The summed E-state index contributed by atoms with van der Waals surface area (Å²) in [6.07, 6.45) is -0.887. The lowest BCUT2D eigenvalue weighted by Gasteiger charge is -2.36. The molecule has 11 heteroatoms. The van der Waals surface area contributed by atoms with E-state index in [-0.39, 0.29) is 0 Å². The van der Waals surface area contributed by atoms with Crippen LogP contribution in [-0.2, 0) is 16.6 Å². The molecule has 0 aliphatic rings. The summed E-state index contributed by atoms with van der Waals surface area (Å²) >= 11 is 14.8. The SMILES string of the molecule is CCP(=S)(Oc1ccccc1Cl)N(SN(C)C(=O)ON=C(C)SC)c1ccccc1. The Morgan fingerprint density at radius 2 is 1.83 bits per heavy atom. The highest BCUT2D eigenvalue weighted by molar-refractivity contribution is 8.21. The summed E-state index contributed by atoms with van der Waals surface area (Å²) in [6.45, 7) is 3.72. The van der Waals surface area contributed by atoms with Gasteiger partial charge in [-0.15, -0.1) is 11.8 Å². The third kappa shape index (κ3) is 6.82. The van der Waals surface area contributed by atoms with Crippen molar-refractivity contribution in [1.29, 1.82) is 0 Å². The van der Waals surface area contributed by atoms with Crippen molar-refractivity contribution in [3.05, 3.63) is 59.6 Å². The fraction of sp³-hybridized carbons (Fsp3) is 0.263. The first-order valence-electron chi connectivity index (χ1n) is 8.91. The van der Waals surface area contributed by atoms with E-state index in [1.165, 1.54) is 16.1 Å². The van der Waals surface area contributed by atoms with Crippen molar-refractivity contribution in [1.82, 2.24) is 4.31 Å². The molecule has 2 aromatic rings. The number of hydrogen-bond donors (Lipinski definition) is 0. The minimum atomic E-state index is -2.66. The second-order valence-electron chi connectivity index (χ2n) is 5.83. The molecule has 2 aromatic carbocycles. The topological polar surface area (TPSA) is 54.4 Å². The Hall–Kier alpha value is -1.38. The average Bonchev–Trinajstić information content (AvgIpc) is 2.77. The first-order valence-corrected chi connectivity index (χ1v) is 14.1. The van der Waals surface area contributed by atoms with Gasteiger partial charge in [-0.3, -0.25) is 4.84 Å². The molecule has 0 saturated heterocycles. The zero-order chi connectivity index (χ0) is 22.1. The summed E-state index contributed by atoms with van der Waals surface area (Å²) in [6, 6.07) is 16.7. The van der Waals surface area contributed by atoms with Crippen LogP contribution in [0.2, 0.25) is 5.02 Å². The van der Waals surface area contributed by atoms with Crippen molar-refractivity contribution < 1.29 is 14.2 Å². The van der Waals surface area contributed by atoms with Crippen molar-refractivity contribution in [3.8, 4) is 5.75 Å². The maximum atomic E-state index is 12.4. The molecule has 1 atom stereocenters. The van der Waals surface area contributed by atoms with Gasteiger partial charge in [0.1, 0.15) is 10.8 Å². The van der Waals surface area contributed by atoms with Crippen molar-refractivity contribution in [3.63, 3.8) is 0 Å². The number of thioether (sulfide) groups is 1. The van der Waals surface area contributed by atoms with Crippen LogP contribution in [0.4, 0.5) is 10.5 Å². The zero-order valence-corrected chi connectivity index (χ0v) is 21.1. The molecule has 0 spiro atoms. The molecule has 1 amide bonds. The van der Waals surface area contributed by atoms with E-state index in [2.05, 4.69) is 5.16 Å². The molecule has 0 heterocycles. The van der Waals surface area contributed by atoms with Crippen molar-refractivity contribution in [2.24, 2.45) is 5.16 Å². The molecular weight excluding hydrogens is 481 g/mol. The number of rotatable bonds is 8. The van der Waals surface area contributed by atoms with Gasteiger partial charge in [0, 0.05) is 13.2 Å². The van der Waals surface area contributed by atoms with Crippen LogP contribution in [0.1, 0.15) is 13.8 Å². The van der Waals surface area contributed by atoms with Gasteiger partial charge in [0.2, 0.25) is 6.42 Å². The second kappa shape index (κ2) is 11.9. The zero-order valence-electron chi connectivity index (χ0n) is 17.0. The molecule has 0 saturated carbocycles. The van der Waals surface area contributed by atoms with E-state index >= 15 is 0 Å². The number of halogens is 1. The van der Waals surface area contributed by atoms with Gasteiger partial charge in [-0.1, -0.05) is 54.0 Å². The predicted octanol–water partition coefficient (Wildman–Crippen LogP) is 6.88. The van der Waals surface area contributed by atoms with Crippen LogP contribution in [0.5, 0.6) is 5.75 Å². The fourth-order valence-electron chi connectivity index (χ4n) is 2.08. The van der Waals surface area contributed by atoms with E-state index in [4.69, 9.17) is 32.8 Å². The highest BCUT2D eigenvalue weighted by Gasteiger charge is 2.32. The molecule has 6 nitrogen and oxygen atoms in total. The lowest BCUT2D eigenvalue weighted by atomic mass is 10.3. The lowest BCUT2D eigenvalue weighted by Crippen LogP contribution is -2.27. The molecule has 1 unspecified atom stereocenters. The first-order chi connectivity index (χ1) is 14.3. The van der Waals surface area contributed by atoms with Gasteiger partial charge in [-0.25, -0.2) is 13.2 Å². The van der Waals surface area contributed by atoms with Crippen molar-refractivity contribution in [2.75, 3.05) is 23.5 Å². The van der Waals surface area contributed by atoms with Crippen LogP contribution in [0.15, 0.2) is 59.8 Å². The largest absolute Gasteiger partial charge is 0.447 e. The molecule has 30 heavy (non-hydrogen) atoms. The van der Waals surface area contributed by atoms with Crippen molar-refractivity contribution >= 4 is 70.5 Å². The first kappa shape index (κ1) is 24.9. The Bertz CT molecular complexity index is 933. The number of nitrogens with zero attached hydrogens (tertiary/aromatic N) is 3. The fourth-order valence-corrected chi connectivity index (χ4v) is 6.40. The summed E-state index contributed by atoms with van der Waals surface area (Å²) in [7, 11) is 1.59. The second-order valence-corrected chi connectivity index (χ2v) is 12.8. The summed E-state index contributed by atoms with van der Waals surface area (Å²) in [5, 5.41) is 4.92. The number of benzene rings is 2. The standard InChI is InChI=1S/C19H23ClN3O3PS3/c1-5-27(28,26-18-14-10-9-13-17(18)20)23(16-11-7-6-8-12-16)30-22(3)19(24)25-21-15(2)29-4/h6-14H,5H2,1-4H3. The summed E-state index contributed by atoms with van der Waals surface area (Å²) in [5.41, 5.74) is 0.809. The number of anilines is 1. The highest BCUT2D eigenvalue weighted by atomic mass is 35.5. The van der Waals surface area contributed by atoms with Gasteiger partial charge >= 0.3 is 6.09 Å². The third-order valence-corrected chi connectivity index (χ3v) is 10.3. The normalized spacial score (nSPS) is 13.3. The van der Waals surface area contributed by atoms with Gasteiger partial charge in [-0.2, -0.15) is 0 Å². The van der Waals surface area contributed by atoms with Crippen molar-refractivity contribution in [2.45, 2.75) is 13.8 Å². The Kier molecular flexibility index (Phi) is 9.84. The quantitative estimate of drug-likeness (QED) is 0.0971. The van der Waals surface area contributed by atoms with Gasteiger partial charge in [0.25, 0.3) is 0 Å². The third-order valence-electron chi connectivity index (χ3n) is 3.74. The summed E-state index contributed by atoms with van der Waals surface area (Å²) in [5.74, 6) is 0.510. The summed E-state index contributed by atoms with van der Waals surface area (Å²) in [4.78, 5) is 17.4. The molecule has 2 rings (SSSR count). The van der Waals surface area contributed by atoms with E-state index < -0.39 is 12.5 Å². The summed E-state index contributed by atoms with van der Waals surface area (Å²) < 4.78 is 9.46. The van der Waals surface area contributed by atoms with Crippen LogP contribution in [0.25, 0.3) is 0 Å². The molecular formula is C19H23ClN3O3PS3. The van der Waals surface area contributed by atoms with Crippen LogP contribution in [0.3, 0.4) is 0 Å². The Morgan fingerprint density at radius 1 is 1.20 bits per heavy atom. The monoisotopic (exact) mass is 503 g/mol. The van der Waals surface area contributed by atoms with Crippen LogP contribution < -0.4 is 8.60 Å². The Balaban J connectivity index is 2.33. The molecule has 0 aliphatic carbocycles. The van der Waals surface area contributed by atoms with Gasteiger partial charge in [0.05, 0.1) is 22.8 Å². The van der Waals surface area contributed by atoms with Crippen LogP contribution in [0, 0.1) is 0 Å². The maximum absolute atomic E-state index is 12.4. The Labute approximate surface area is 196 Å². The number of carbonyl (C=O) groups excluding carboxylic acids is 1. The van der Waals surface area contributed by atoms with E-state index in [0.717, 1.165) is 17.8 Å². The smallest absolute Gasteiger partial charge is 0.446 e. The number of carbonyl (C=O) groups is 1. The minimum Gasteiger partial charge on any atom is -0.446 e. The molecule has 162 valence electrons. The molecule has 0 fully saturated rings. The maximum Gasteiger partial charge on any atom is 0.447 e. The number of oxime groups is 1. The van der Waals surface area contributed by atoms with E-state index in [1.54, 1.807) is 26.1 Å². The average molecular weight is 504 g/mol. The lowest BCUT2D eigenvalue weighted by molar-refractivity contribution is 0.137. The number of hydrogen-bond acceptors (Lipinski definition) is 7. The van der Waals surface area contributed by atoms with E-state index in [9.17, 15) is 4.79 Å². The molecule has 0 N–H and O–H groups in total. The number of amides is 1. The molecule has 0 aliphatic heterocycles. The van der Waals surface area contributed by atoms with Gasteiger partial charge in [-0.05, 0) is 49.3 Å². The predicted molar refractivity (Wildman–Crippen MR) is 134 cm³/mol. The van der Waals surface area contributed by atoms with E-state index in [1.807, 2.05) is 59.7 Å². The highest BCUT2D eigenvalue weighted by Crippen LogP contribution is 2.57. The number of para-hydroxylation sites is 2. The van der Waals surface area contributed by atoms with Crippen LogP contribution in [-0.4, -0.2) is 34.9 Å². The van der Waals surface area contributed by atoms with Gasteiger partial charge < -0.3 is 4.52 Å². The van der Waals surface area contributed by atoms with E-state index in [0.29, 0.717) is 22.0 Å². The van der Waals surface area contributed by atoms with Gasteiger partial charge in [0.15, 0.2) is 0 Å². The Morgan fingerprint density at radius 3 is 2.43 bits per heavy atom. The molecule has 0 bridgehead atoms.